The van der Waals surface area contributed by atoms with Crippen LogP contribution < -0.4 is 0 Å². The number of carbonyl (C=O) groups is 1. The number of aromatic carboxylic acids is 1. The third-order valence-electron chi connectivity index (χ3n) is 3.07. The van der Waals surface area contributed by atoms with Gasteiger partial charge in [0.25, 0.3) is 0 Å². The molecule has 1 aromatic carbocycles. The van der Waals surface area contributed by atoms with Crippen molar-refractivity contribution in [3.63, 3.8) is 0 Å². The number of carboxylic acids is 1. The lowest BCUT2D eigenvalue weighted by atomic mass is 10.1. The van der Waals surface area contributed by atoms with E-state index in [2.05, 4.69) is 31.0 Å². The second-order valence-electron chi connectivity index (χ2n) is 4.49. The summed E-state index contributed by atoms with van der Waals surface area (Å²) in [5.41, 5.74) is 3.32. The van der Waals surface area contributed by atoms with Crippen LogP contribution in [0.15, 0.2) is 22.7 Å². The summed E-state index contributed by atoms with van der Waals surface area (Å²) in [6.45, 7) is 1.89. The number of aromatic nitrogens is 4. The predicted octanol–water partition coefficient (Wildman–Crippen LogP) is 2.73. The van der Waals surface area contributed by atoms with Gasteiger partial charge in [0.2, 0.25) is 0 Å². The zero-order valence-electron chi connectivity index (χ0n) is 10.8. The number of H-pyrrole nitrogens is 1. The van der Waals surface area contributed by atoms with Gasteiger partial charge < -0.3 is 10.1 Å². The highest BCUT2D eigenvalue weighted by Crippen LogP contribution is 2.31. The highest BCUT2D eigenvalue weighted by atomic mass is 79.9. The van der Waals surface area contributed by atoms with Crippen molar-refractivity contribution in [2.75, 3.05) is 0 Å². The number of halogens is 1. The van der Waals surface area contributed by atoms with E-state index in [1.165, 1.54) is 4.68 Å². The van der Waals surface area contributed by atoms with Gasteiger partial charge in [-0.25, -0.2) is 9.78 Å². The summed E-state index contributed by atoms with van der Waals surface area (Å²) in [6, 6.07) is 5.67. The number of rotatable bonds is 2. The molecule has 7 heteroatoms. The van der Waals surface area contributed by atoms with Crippen molar-refractivity contribution in [3.05, 3.63) is 34.2 Å². The molecule has 0 saturated heterocycles. The van der Waals surface area contributed by atoms with Gasteiger partial charge in [-0.15, -0.1) is 0 Å². The molecule has 0 saturated carbocycles. The largest absolute Gasteiger partial charge is 0.476 e. The van der Waals surface area contributed by atoms with Crippen LogP contribution in [0.4, 0.5) is 0 Å². The van der Waals surface area contributed by atoms with E-state index in [0.717, 1.165) is 22.4 Å². The van der Waals surface area contributed by atoms with Gasteiger partial charge in [0.1, 0.15) is 11.5 Å². The normalized spacial score (nSPS) is 11.2. The fourth-order valence-corrected chi connectivity index (χ4v) is 2.93. The molecule has 2 aromatic heterocycles. The maximum Gasteiger partial charge on any atom is 0.355 e. The van der Waals surface area contributed by atoms with Gasteiger partial charge in [0.05, 0.1) is 15.5 Å². The molecule has 0 spiro atoms. The van der Waals surface area contributed by atoms with Crippen molar-refractivity contribution in [1.82, 2.24) is 19.7 Å². The van der Waals surface area contributed by atoms with E-state index in [0.29, 0.717) is 10.2 Å². The standard InChI is InChI=1S/C13H11BrN4O2/c1-6-15-8-4-3-7(5-9(8)16-6)11-10(14)12(13(19)20)18(2)17-11/h3-5H,1-2H3,(H,15,16)(H,19,20). The van der Waals surface area contributed by atoms with Crippen molar-refractivity contribution >= 4 is 32.9 Å². The molecule has 2 heterocycles. The Balaban J connectivity index is 2.20. The number of benzene rings is 1. The summed E-state index contributed by atoms with van der Waals surface area (Å²) >= 11 is 3.32. The van der Waals surface area contributed by atoms with Gasteiger partial charge in [-0.1, -0.05) is 6.07 Å². The van der Waals surface area contributed by atoms with E-state index >= 15 is 0 Å². The van der Waals surface area contributed by atoms with Gasteiger partial charge in [0, 0.05) is 12.6 Å². The summed E-state index contributed by atoms with van der Waals surface area (Å²) in [5, 5.41) is 13.4. The number of fused-ring (bicyclic) bond motifs is 1. The van der Waals surface area contributed by atoms with Gasteiger partial charge in [-0.3, -0.25) is 4.68 Å². The van der Waals surface area contributed by atoms with E-state index in [4.69, 9.17) is 0 Å². The number of imidazole rings is 1. The minimum Gasteiger partial charge on any atom is -0.476 e. The molecule has 2 N–H and O–H groups in total. The van der Waals surface area contributed by atoms with Crippen molar-refractivity contribution in [2.24, 2.45) is 7.05 Å². The van der Waals surface area contributed by atoms with Crippen LogP contribution in [-0.4, -0.2) is 30.8 Å². The molecule has 3 aromatic rings. The van der Waals surface area contributed by atoms with E-state index < -0.39 is 5.97 Å². The molecule has 0 bridgehead atoms. The number of aromatic amines is 1. The quantitative estimate of drug-likeness (QED) is 0.754. The van der Waals surface area contributed by atoms with Crippen LogP contribution in [0.1, 0.15) is 16.3 Å². The SMILES string of the molecule is Cc1nc2ccc(-c3nn(C)c(C(=O)O)c3Br)cc2[nH]1. The summed E-state index contributed by atoms with van der Waals surface area (Å²) in [7, 11) is 1.61. The maximum atomic E-state index is 11.2. The fraction of sp³-hybridized carbons (Fsp3) is 0.154. The van der Waals surface area contributed by atoms with E-state index in [1.54, 1.807) is 7.05 Å². The number of carboxylic acid groups (broad SMARTS) is 1. The van der Waals surface area contributed by atoms with Crippen LogP contribution in [0, 0.1) is 6.92 Å². The summed E-state index contributed by atoms with van der Waals surface area (Å²) in [6.07, 6.45) is 0. The van der Waals surface area contributed by atoms with Crippen LogP contribution in [0.3, 0.4) is 0 Å². The average molecular weight is 335 g/mol. The number of aryl methyl sites for hydroxylation is 2. The van der Waals surface area contributed by atoms with Crippen LogP contribution in [0.5, 0.6) is 0 Å². The lowest BCUT2D eigenvalue weighted by molar-refractivity contribution is 0.0684. The highest BCUT2D eigenvalue weighted by Gasteiger charge is 2.20. The lowest BCUT2D eigenvalue weighted by Gasteiger charge is -1.98. The lowest BCUT2D eigenvalue weighted by Crippen LogP contribution is -2.05. The minimum absolute atomic E-state index is 0.126. The van der Waals surface area contributed by atoms with E-state index in [9.17, 15) is 9.90 Å². The van der Waals surface area contributed by atoms with E-state index in [-0.39, 0.29) is 5.69 Å². The van der Waals surface area contributed by atoms with Gasteiger partial charge in [-0.2, -0.15) is 5.10 Å². The molecule has 20 heavy (non-hydrogen) atoms. The zero-order valence-corrected chi connectivity index (χ0v) is 12.4. The molecule has 102 valence electrons. The second kappa shape index (κ2) is 4.45. The van der Waals surface area contributed by atoms with Crippen LogP contribution >= 0.6 is 15.9 Å². The molecule has 0 radical (unpaired) electrons. The molecule has 0 unspecified atom stereocenters. The topological polar surface area (TPSA) is 83.8 Å². The van der Waals surface area contributed by atoms with E-state index in [1.807, 2.05) is 25.1 Å². The zero-order chi connectivity index (χ0) is 14.4. The first-order chi connectivity index (χ1) is 9.47. The second-order valence-corrected chi connectivity index (χ2v) is 5.29. The number of nitrogens with zero attached hydrogens (tertiary/aromatic N) is 3. The Morgan fingerprint density at radius 3 is 2.85 bits per heavy atom. The molecule has 0 aliphatic rings. The summed E-state index contributed by atoms with van der Waals surface area (Å²) in [5.74, 6) is -0.181. The Morgan fingerprint density at radius 2 is 2.20 bits per heavy atom. The van der Waals surface area contributed by atoms with Crippen LogP contribution in [-0.2, 0) is 7.05 Å². The van der Waals surface area contributed by atoms with Crippen LogP contribution in [0.2, 0.25) is 0 Å². The first-order valence-corrected chi connectivity index (χ1v) is 6.69. The summed E-state index contributed by atoms with van der Waals surface area (Å²) < 4.78 is 1.83. The Labute approximate surface area is 122 Å². The molecule has 0 fully saturated rings. The Hall–Kier alpha value is -2.15. The maximum absolute atomic E-state index is 11.2. The van der Waals surface area contributed by atoms with Crippen molar-refractivity contribution in [1.29, 1.82) is 0 Å². The van der Waals surface area contributed by atoms with Gasteiger partial charge in [0.15, 0.2) is 5.69 Å². The van der Waals surface area contributed by atoms with Gasteiger partial charge in [-0.05, 0) is 35.0 Å². The highest BCUT2D eigenvalue weighted by molar-refractivity contribution is 9.10. The summed E-state index contributed by atoms with van der Waals surface area (Å²) in [4.78, 5) is 18.7. The Bertz CT molecular complexity index is 834. The molecule has 0 amide bonds. The molecule has 0 atom stereocenters. The Kier molecular flexibility index (Phi) is 2.86. The molecule has 0 aliphatic heterocycles. The van der Waals surface area contributed by atoms with Crippen LogP contribution in [0.25, 0.3) is 22.3 Å². The van der Waals surface area contributed by atoms with Gasteiger partial charge >= 0.3 is 5.97 Å². The predicted molar refractivity (Wildman–Crippen MR) is 77.7 cm³/mol. The van der Waals surface area contributed by atoms with Crippen molar-refractivity contribution in [2.45, 2.75) is 6.92 Å². The van der Waals surface area contributed by atoms with Crippen molar-refractivity contribution in [3.8, 4) is 11.3 Å². The monoisotopic (exact) mass is 334 g/mol. The molecule has 6 nitrogen and oxygen atoms in total. The number of nitrogens with one attached hydrogen (secondary N) is 1. The third-order valence-corrected chi connectivity index (χ3v) is 3.82. The number of hydrogen-bond donors (Lipinski definition) is 2. The van der Waals surface area contributed by atoms with Crippen molar-refractivity contribution < 1.29 is 9.90 Å². The third kappa shape index (κ3) is 1.90. The number of hydrogen-bond acceptors (Lipinski definition) is 3. The first kappa shape index (κ1) is 12.9. The molecule has 3 rings (SSSR count). The smallest absolute Gasteiger partial charge is 0.355 e. The molecular formula is C13H11BrN4O2. The Morgan fingerprint density at radius 1 is 1.45 bits per heavy atom. The average Bonchev–Trinajstić information content (AvgIpc) is 2.87. The fourth-order valence-electron chi connectivity index (χ4n) is 2.20. The molecular weight excluding hydrogens is 324 g/mol. The molecule has 0 aliphatic carbocycles. The minimum atomic E-state index is -1.02. The first-order valence-electron chi connectivity index (χ1n) is 5.90.